The molecular formula is C36H67N. The first-order chi connectivity index (χ1) is 16.7. The van der Waals surface area contributed by atoms with Crippen molar-refractivity contribution in [3.05, 3.63) is 12.2 Å². The molecule has 2 saturated carbocycles. The van der Waals surface area contributed by atoms with Crippen molar-refractivity contribution in [2.24, 2.45) is 49.8 Å². The van der Waals surface area contributed by atoms with Gasteiger partial charge in [0.1, 0.15) is 0 Å². The Kier molecular flexibility index (Phi) is 10.5. The third-order valence-corrected chi connectivity index (χ3v) is 10.8. The molecule has 37 heavy (non-hydrogen) atoms. The van der Waals surface area contributed by atoms with Crippen molar-refractivity contribution in [2.45, 2.75) is 167 Å². The SMILES string of the molecule is C=C(C)CC(C)(CC1C(C)C1N=C1CCCC(C(C)(C)CC(C)(C)C)CC1)C(C)(CC)CCC(C)(C)C. The summed E-state index contributed by atoms with van der Waals surface area (Å²) < 4.78 is 0. The van der Waals surface area contributed by atoms with Gasteiger partial charge in [0, 0.05) is 5.71 Å². The van der Waals surface area contributed by atoms with Gasteiger partial charge in [-0.3, -0.25) is 4.99 Å². The monoisotopic (exact) mass is 514 g/mol. The van der Waals surface area contributed by atoms with Crippen LogP contribution in [0, 0.1) is 44.8 Å². The summed E-state index contributed by atoms with van der Waals surface area (Å²) in [4.78, 5) is 5.51. The van der Waals surface area contributed by atoms with Crippen LogP contribution >= 0.6 is 0 Å². The normalized spacial score (nSPS) is 29.9. The molecule has 0 aromatic heterocycles. The van der Waals surface area contributed by atoms with Crippen LogP contribution in [0.5, 0.6) is 0 Å². The van der Waals surface area contributed by atoms with Gasteiger partial charge in [-0.2, -0.15) is 0 Å². The van der Waals surface area contributed by atoms with E-state index in [2.05, 4.69) is 96.6 Å². The maximum Gasteiger partial charge on any atom is 0.0559 e. The molecule has 0 aliphatic heterocycles. The van der Waals surface area contributed by atoms with Gasteiger partial charge in [0.15, 0.2) is 0 Å². The summed E-state index contributed by atoms with van der Waals surface area (Å²) in [5.74, 6) is 2.31. The lowest BCUT2D eigenvalue weighted by molar-refractivity contribution is 0.0267. The molecule has 6 unspecified atom stereocenters. The number of allylic oxidation sites excluding steroid dienone is 1. The van der Waals surface area contributed by atoms with Gasteiger partial charge in [0.05, 0.1) is 6.04 Å². The number of hydrogen-bond acceptors (Lipinski definition) is 1. The van der Waals surface area contributed by atoms with E-state index >= 15 is 0 Å². The van der Waals surface area contributed by atoms with E-state index in [1.807, 2.05) is 0 Å². The highest BCUT2D eigenvalue weighted by Crippen LogP contribution is 2.59. The highest BCUT2D eigenvalue weighted by atomic mass is 14.9. The summed E-state index contributed by atoms with van der Waals surface area (Å²) in [6, 6.07) is 0.558. The molecule has 0 saturated heterocycles. The zero-order valence-corrected chi connectivity index (χ0v) is 27.7. The van der Waals surface area contributed by atoms with Crippen molar-refractivity contribution < 1.29 is 0 Å². The Morgan fingerprint density at radius 1 is 0.865 bits per heavy atom. The van der Waals surface area contributed by atoms with Crippen LogP contribution in [0.25, 0.3) is 0 Å². The van der Waals surface area contributed by atoms with E-state index in [4.69, 9.17) is 4.99 Å². The molecule has 0 aromatic carbocycles. The molecule has 2 fully saturated rings. The van der Waals surface area contributed by atoms with E-state index in [-0.39, 0.29) is 5.41 Å². The number of hydrogen-bond donors (Lipinski definition) is 0. The van der Waals surface area contributed by atoms with Gasteiger partial charge in [-0.25, -0.2) is 0 Å². The van der Waals surface area contributed by atoms with E-state index in [0.717, 1.165) is 24.2 Å². The van der Waals surface area contributed by atoms with Crippen molar-refractivity contribution in [3.63, 3.8) is 0 Å². The van der Waals surface area contributed by atoms with Crippen LogP contribution < -0.4 is 0 Å². The fourth-order valence-corrected chi connectivity index (χ4v) is 8.11. The molecule has 0 radical (unpaired) electrons. The highest BCUT2D eigenvalue weighted by Gasteiger charge is 2.53. The first kappa shape index (κ1) is 32.6. The lowest BCUT2D eigenvalue weighted by Crippen LogP contribution is -2.39. The molecule has 0 heterocycles. The standard InChI is InChI=1S/C36H67N/c1-15-35(13,22-21-32(5,6)7)36(14,23-26(2)3)24-30-27(4)31(30)37-29-18-16-17-28(19-20-29)34(11,12)25-33(8,9)10/h27-28,30-31H,2,15-25H2,1,3-14H3. The molecule has 0 spiro atoms. The topological polar surface area (TPSA) is 12.4 Å². The Labute approximate surface area is 234 Å². The molecule has 0 N–H and O–H groups in total. The highest BCUT2D eigenvalue weighted by molar-refractivity contribution is 5.85. The Bertz CT molecular complexity index is 786. The second-order valence-corrected chi connectivity index (χ2v) is 17.4. The van der Waals surface area contributed by atoms with Crippen molar-refractivity contribution in [1.82, 2.24) is 0 Å². The van der Waals surface area contributed by atoms with E-state index < -0.39 is 0 Å². The molecule has 2 aliphatic rings. The molecule has 216 valence electrons. The largest absolute Gasteiger partial charge is 0.290 e. The minimum absolute atomic E-state index is 0.290. The molecule has 2 aliphatic carbocycles. The Morgan fingerprint density at radius 3 is 2.00 bits per heavy atom. The summed E-state index contributed by atoms with van der Waals surface area (Å²) >= 11 is 0. The molecule has 0 amide bonds. The Morgan fingerprint density at radius 2 is 1.49 bits per heavy atom. The third kappa shape index (κ3) is 9.24. The van der Waals surface area contributed by atoms with Crippen molar-refractivity contribution in [2.75, 3.05) is 0 Å². The van der Waals surface area contributed by atoms with Crippen LogP contribution in [0.2, 0.25) is 0 Å². The van der Waals surface area contributed by atoms with E-state index in [9.17, 15) is 0 Å². The lowest BCUT2D eigenvalue weighted by atomic mass is 9.56. The van der Waals surface area contributed by atoms with Crippen LogP contribution in [0.3, 0.4) is 0 Å². The minimum atomic E-state index is 0.290. The van der Waals surface area contributed by atoms with Crippen molar-refractivity contribution in [3.8, 4) is 0 Å². The second-order valence-electron chi connectivity index (χ2n) is 17.4. The molecule has 0 bridgehead atoms. The predicted molar refractivity (Wildman–Crippen MR) is 168 cm³/mol. The second kappa shape index (κ2) is 11.9. The molecule has 0 aromatic rings. The molecule has 1 heteroatoms. The fraction of sp³-hybridized carbons (Fsp3) is 0.917. The van der Waals surface area contributed by atoms with Gasteiger partial charge in [0.2, 0.25) is 0 Å². The van der Waals surface area contributed by atoms with Crippen LogP contribution in [0.4, 0.5) is 0 Å². The van der Waals surface area contributed by atoms with E-state index in [1.165, 1.54) is 69.8 Å². The van der Waals surface area contributed by atoms with Gasteiger partial charge in [0.25, 0.3) is 0 Å². The third-order valence-electron chi connectivity index (χ3n) is 10.8. The summed E-state index contributed by atoms with van der Waals surface area (Å²) in [5.41, 5.74) is 4.74. The number of nitrogens with zero attached hydrogens (tertiary/aromatic N) is 1. The minimum Gasteiger partial charge on any atom is -0.290 e. The van der Waals surface area contributed by atoms with Gasteiger partial charge in [-0.1, -0.05) is 95.1 Å². The summed E-state index contributed by atoms with van der Waals surface area (Å²) in [6.07, 6.45) is 14.1. The zero-order chi connectivity index (χ0) is 28.4. The van der Waals surface area contributed by atoms with Gasteiger partial charge < -0.3 is 0 Å². The van der Waals surface area contributed by atoms with Crippen LogP contribution in [-0.4, -0.2) is 11.8 Å². The van der Waals surface area contributed by atoms with Crippen LogP contribution in [0.15, 0.2) is 17.1 Å². The first-order valence-corrected chi connectivity index (χ1v) is 15.9. The fourth-order valence-electron chi connectivity index (χ4n) is 8.11. The van der Waals surface area contributed by atoms with Crippen LogP contribution in [0.1, 0.15) is 161 Å². The summed E-state index contributed by atoms with van der Waals surface area (Å²) in [5, 5.41) is 0. The van der Waals surface area contributed by atoms with Crippen LogP contribution in [-0.2, 0) is 0 Å². The number of aliphatic imine (C=N–C) groups is 1. The maximum atomic E-state index is 5.51. The van der Waals surface area contributed by atoms with Gasteiger partial charge >= 0.3 is 0 Å². The van der Waals surface area contributed by atoms with Gasteiger partial charge in [-0.15, -0.1) is 6.58 Å². The zero-order valence-electron chi connectivity index (χ0n) is 27.7. The van der Waals surface area contributed by atoms with E-state index in [0.29, 0.717) is 27.7 Å². The van der Waals surface area contributed by atoms with Crippen molar-refractivity contribution >= 4 is 5.71 Å². The Balaban J connectivity index is 2.13. The average molecular weight is 514 g/mol. The number of rotatable bonds is 11. The smallest absolute Gasteiger partial charge is 0.0559 e. The average Bonchev–Trinajstić information content (AvgIpc) is 3.39. The van der Waals surface area contributed by atoms with Gasteiger partial charge in [-0.05, 0) is 116 Å². The molecule has 2 rings (SSSR count). The van der Waals surface area contributed by atoms with Crippen molar-refractivity contribution in [1.29, 1.82) is 0 Å². The van der Waals surface area contributed by atoms with E-state index in [1.54, 1.807) is 5.71 Å². The quantitative estimate of drug-likeness (QED) is 0.192. The summed E-state index contributed by atoms with van der Waals surface area (Å²) in [6.45, 7) is 36.2. The first-order valence-electron chi connectivity index (χ1n) is 15.9. The lowest BCUT2D eigenvalue weighted by Gasteiger charge is -2.48. The Hall–Kier alpha value is -0.590. The molecule has 1 nitrogen and oxygen atoms in total. The molecular weight excluding hydrogens is 446 g/mol. The predicted octanol–water partition coefficient (Wildman–Crippen LogP) is 11.7. The molecule has 6 atom stereocenters. The summed E-state index contributed by atoms with van der Waals surface area (Å²) in [7, 11) is 0. The maximum absolute atomic E-state index is 5.51.